The number of guanidine groups is 1. The number of likely N-dealkylation sites (tertiary alicyclic amines) is 1. The Kier molecular flexibility index (Phi) is 30.3. The quantitative estimate of drug-likeness (QED) is 0.0232. The number of aliphatic carboxylic acids is 2. The highest BCUT2D eigenvalue weighted by Gasteiger charge is 2.40. The van der Waals surface area contributed by atoms with Crippen molar-refractivity contribution in [2.45, 2.75) is 173 Å². The minimum absolute atomic E-state index is 0.0231. The van der Waals surface area contributed by atoms with Crippen molar-refractivity contribution >= 4 is 82.8 Å². The number of thioether (sulfide) groups is 1. The first-order chi connectivity index (χ1) is 40.5. The number of nitrogens with two attached hydrogens (primary N) is 3. The van der Waals surface area contributed by atoms with Crippen molar-refractivity contribution in [3.63, 3.8) is 0 Å². The van der Waals surface area contributed by atoms with E-state index in [-0.39, 0.29) is 81.6 Å². The molecule has 1 heterocycles. The zero-order chi connectivity index (χ0) is 64.4. The maximum atomic E-state index is 14.7. The molecular formula is C58H89N13O14S. The third-order valence-electron chi connectivity index (χ3n) is 14.0. The molecule has 1 aliphatic rings. The smallest absolute Gasteiger partial charge is 0.326 e. The van der Waals surface area contributed by atoms with E-state index in [4.69, 9.17) is 17.2 Å². The number of rotatable bonds is 36. The van der Waals surface area contributed by atoms with Gasteiger partial charge in [0.15, 0.2) is 5.96 Å². The maximum absolute atomic E-state index is 14.7. The molecule has 0 aromatic heterocycles. The van der Waals surface area contributed by atoms with Gasteiger partial charge in [0.05, 0.1) is 12.5 Å². The van der Waals surface area contributed by atoms with Gasteiger partial charge >= 0.3 is 11.9 Å². The first-order valence-electron chi connectivity index (χ1n) is 28.8. The Bertz CT molecular complexity index is 2660. The Labute approximate surface area is 506 Å². The van der Waals surface area contributed by atoms with Gasteiger partial charge in [-0.15, -0.1) is 0 Å². The number of phenols is 1. The number of aliphatic imine (C=N–C) groups is 1. The second kappa shape index (κ2) is 36.1. The number of nitrogens with zero attached hydrogens (tertiary/aromatic N) is 2. The number of carboxylic acids is 2. The molecule has 0 aliphatic carbocycles. The average Bonchev–Trinajstić information content (AvgIpc) is 2.72. The van der Waals surface area contributed by atoms with Crippen molar-refractivity contribution in [3.05, 3.63) is 65.7 Å². The lowest BCUT2D eigenvalue weighted by atomic mass is 9.99. The molecule has 9 amide bonds. The molecule has 0 saturated carbocycles. The van der Waals surface area contributed by atoms with Crippen LogP contribution in [0.3, 0.4) is 0 Å². The van der Waals surface area contributed by atoms with E-state index in [1.165, 1.54) is 47.9 Å². The number of phenolic OH excluding ortho intramolecular Hbond substituents is 1. The Morgan fingerprint density at radius 3 is 1.62 bits per heavy atom. The summed E-state index contributed by atoms with van der Waals surface area (Å²) in [6, 6.07) is 1.33. The first-order valence-corrected chi connectivity index (χ1v) is 30.2. The van der Waals surface area contributed by atoms with Gasteiger partial charge in [-0.25, -0.2) is 4.79 Å². The fourth-order valence-electron chi connectivity index (χ4n) is 9.41. The molecule has 1 fully saturated rings. The number of hydrogen-bond donors (Lipinski definition) is 14. The highest BCUT2D eigenvalue weighted by molar-refractivity contribution is 7.98. The molecule has 86 heavy (non-hydrogen) atoms. The minimum atomic E-state index is -1.74. The summed E-state index contributed by atoms with van der Waals surface area (Å²) in [5.41, 5.74) is 18.0. The lowest BCUT2D eigenvalue weighted by molar-refractivity contribution is -0.145. The lowest BCUT2D eigenvalue weighted by Crippen LogP contribution is -2.61. The molecule has 1 saturated heterocycles. The van der Waals surface area contributed by atoms with Crippen LogP contribution >= 0.6 is 11.8 Å². The largest absolute Gasteiger partial charge is 0.508 e. The summed E-state index contributed by atoms with van der Waals surface area (Å²) in [5.74, 6) is -10.6. The molecule has 27 nitrogen and oxygen atoms in total. The molecule has 476 valence electrons. The van der Waals surface area contributed by atoms with Gasteiger partial charge in [0.25, 0.3) is 0 Å². The van der Waals surface area contributed by atoms with E-state index in [2.05, 4.69) is 47.5 Å². The van der Waals surface area contributed by atoms with Gasteiger partial charge in [0.1, 0.15) is 60.1 Å². The van der Waals surface area contributed by atoms with Crippen LogP contribution < -0.4 is 59.7 Å². The second-order valence-electron chi connectivity index (χ2n) is 22.6. The Balaban J connectivity index is 1.89. The third kappa shape index (κ3) is 24.9. The molecule has 0 radical (unpaired) electrons. The highest BCUT2D eigenvalue weighted by atomic mass is 32.2. The number of aromatic hydroxyl groups is 1. The molecule has 2 aromatic rings. The summed E-state index contributed by atoms with van der Waals surface area (Å²) in [4.78, 5) is 155. The van der Waals surface area contributed by atoms with E-state index in [1.807, 2.05) is 20.1 Å². The van der Waals surface area contributed by atoms with Gasteiger partial charge < -0.3 is 80.0 Å². The van der Waals surface area contributed by atoms with Crippen LogP contribution in [0.1, 0.15) is 111 Å². The number of amides is 9. The molecule has 10 atom stereocenters. The third-order valence-corrected chi connectivity index (χ3v) is 14.6. The van der Waals surface area contributed by atoms with Gasteiger partial charge in [-0.1, -0.05) is 84.0 Å². The zero-order valence-electron chi connectivity index (χ0n) is 50.3. The van der Waals surface area contributed by atoms with E-state index in [0.29, 0.717) is 29.7 Å². The summed E-state index contributed by atoms with van der Waals surface area (Å²) >= 11 is 1.43. The minimum Gasteiger partial charge on any atom is -0.508 e. The standard InChI is InChI=1S/C58H89N13O14S/c1-31(2)26-40(65-49(76)39(22-25-86-8)64-48(75)38(59)16-12-23-62-58(60)61)51(78)68-43(29-36-18-20-37(72)21-19-36)52(79)67-42(28-35-14-10-9-11-15-35)50(77)63-34(7)56(83)71-24-13-17-45(71)55(82)69-44(30-46(73)74)53(80)66-41(27-32(3)4)54(81)70-47(33(5)6)57(84)85/h9-11,14-15,18-21,31-34,38-45,47,72H,12-13,16-17,22-30,59H2,1-8H3,(H,63,77)(H,64,75)(H,65,76)(H,66,80)(H,67,79)(H,68,78)(H,69,82)(H,70,81)(H,73,74)(H,84,85)(H4,60,61,62)/t34-,38-,39-,40-,41-,42-,43-,44-,45-,47-/m0/s1. The van der Waals surface area contributed by atoms with Crippen molar-refractivity contribution in [2.24, 2.45) is 39.9 Å². The number of hydrogen-bond acceptors (Lipinski definition) is 15. The maximum Gasteiger partial charge on any atom is 0.326 e. The van der Waals surface area contributed by atoms with Crippen molar-refractivity contribution in [1.82, 2.24) is 47.4 Å². The Morgan fingerprint density at radius 2 is 1.10 bits per heavy atom. The van der Waals surface area contributed by atoms with Gasteiger partial charge in [-0.2, -0.15) is 11.8 Å². The van der Waals surface area contributed by atoms with Crippen molar-refractivity contribution in [3.8, 4) is 5.75 Å². The van der Waals surface area contributed by atoms with Crippen LogP contribution in [0, 0.1) is 17.8 Å². The predicted molar refractivity (Wildman–Crippen MR) is 322 cm³/mol. The monoisotopic (exact) mass is 1220 g/mol. The topological polar surface area (TPSA) is 438 Å². The van der Waals surface area contributed by atoms with Crippen LogP contribution in [-0.2, 0) is 65.6 Å². The molecule has 0 unspecified atom stereocenters. The van der Waals surface area contributed by atoms with E-state index in [0.717, 1.165) is 0 Å². The molecule has 1 aliphatic heterocycles. The van der Waals surface area contributed by atoms with E-state index in [1.54, 1.807) is 58.0 Å². The van der Waals surface area contributed by atoms with Gasteiger partial charge in [-0.05, 0) is 105 Å². The van der Waals surface area contributed by atoms with Crippen LogP contribution in [0.5, 0.6) is 5.75 Å². The number of carbonyl (C=O) groups is 11. The number of carbonyl (C=O) groups excluding carboxylic acids is 9. The summed E-state index contributed by atoms with van der Waals surface area (Å²) in [5, 5.41) is 50.5. The predicted octanol–water partition coefficient (Wildman–Crippen LogP) is -0.492. The molecule has 0 bridgehead atoms. The van der Waals surface area contributed by atoms with Gasteiger partial charge in [-0.3, -0.25) is 52.9 Å². The van der Waals surface area contributed by atoms with Crippen LogP contribution in [0.15, 0.2) is 59.6 Å². The van der Waals surface area contributed by atoms with Crippen LogP contribution in [0.25, 0.3) is 0 Å². The zero-order valence-corrected chi connectivity index (χ0v) is 51.1. The van der Waals surface area contributed by atoms with Crippen LogP contribution in [-0.4, -0.2) is 177 Å². The average molecular weight is 1220 g/mol. The van der Waals surface area contributed by atoms with Crippen LogP contribution in [0.2, 0.25) is 0 Å². The normalized spacial score (nSPS) is 16.1. The lowest BCUT2D eigenvalue weighted by Gasteiger charge is -2.30. The van der Waals surface area contributed by atoms with E-state index >= 15 is 0 Å². The van der Waals surface area contributed by atoms with Crippen LogP contribution in [0.4, 0.5) is 0 Å². The van der Waals surface area contributed by atoms with Crippen molar-refractivity contribution < 1.29 is 68.1 Å². The fourth-order valence-corrected chi connectivity index (χ4v) is 9.88. The Hall–Kier alpha value is -8.01. The molecule has 2 aromatic carbocycles. The van der Waals surface area contributed by atoms with E-state index in [9.17, 15) is 68.1 Å². The number of benzene rings is 2. The highest BCUT2D eigenvalue weighted by Crippen LogP contribution is 2.20. The van der Waals surface area contributed by atoms with Gasteiger partial charge in [0, 0.05) is 25.9 Å². The molecule has 3 rings (SSSR count). The summed E-state index contributed by atoms with van der Waals surface area (Å²) in [6.07, 6.45) is 1.90. The number of nitrogens with one attached hydrogen (secondary N) is 8. The van der Waals surface area contributed by atoms with E-state index < -0.39 is 138 Å². The fraction of sp³-hybridized carbons (Fsp3) is 0.586. The second-order valence-corrected chi connectivity index (χ2v) is 23.6. The molecular weight excluding hydrogens is 1130 g/mol. The molecule has 28 heteroatoms. The summed E-state index contributed by atoms with van der Waals surface area (Å²) in [7, 11) is 0. The first kappa shape index (κ1) is 72.2. The summed E-state index contributed by atoms with van der Waals surface area (Å²) in [6.45, 7) is 11.9. The van der Waals surface area contributed by atoms with Crippen molar-refractivity contribution in [1.29, 1.82) is 0 Å². The molecule has 17 N–H and O–H groups in total. The van der Waals surface area contributed by atoms with Crippen molar-refractivity contribution in [2.75, 3.05) is 25.1 Å². The molecule has 0 spiro atoms. The Morgan fingerprint density at radius 1 is 0.616 bits per heavy atom. The van der Waals surface area contributed by atoms with Gasteiger partial charge in [0.2, 0.25) is 53.2 Å². The SMILES string of the molecule is CSCC[C@H](NC(=O)[C@@H](N)CCCN=C(N)N)C(=O)N[C@@H](CC(C)C)C(=O)N[C@@H](Cc1ccc(O)cc1)C(=O)N[C@@H](Cc1ccccc1)C(=O)N[C@@H](C)C(=O)N1CCC[C@H]1C(=O)N[C@@H](CC(=O)O)C(=O)N[C@@H](CC(C)C)C(=O)N[C@H](C(=O)O)C(C)C. The summed E-state index contributed by atoms with van der Waals surface area (Å²) < 4.78 is 0. The number of carboxylic acid groups (broad SMARTS) is 2.